The van der Waals surface area contributed by atoms with Gasteiger partial charge in [0.1, 0.15) is 0 Å². The largest absolute Gasteiger partial charge is 0.478 e. The van der Waals surface area contributed by atoms with E-state index in [9.17, 15) is 4.79 Å². The summed E-state index contributed by atoms with van der Waals surface area (Å²) in [4.78, 5) is 13.2. The van der Waals surface area contributed by atoms with Gasteiger partial charge in [0.25, 0.3) is 0 Å². The SMILES string of the molecule is CN1CC=C(c2ccccc2C(=O)O)C1. The van der Waals surface area contributed by atoms with Crippen LogP contribution in [0.15, 0.2) is 30.3 Å². The topological polar surface area (TPSA) is 40.5 Å². The van der Waals surface area contributed by atoms with Crippen LogP contribution in [0.3, 0.4) is 0 Å². The lowest BCUT2D eigenvalue weighted by atomic mass is 10.0. The normalized spacial score (nSPS) is 16.5. The number of likely N-dealkylation sites (N-methyl/N-ethyl adjacent to an activating group) is 1. The van der Waals surface area contributed by atoms with Crippen LogP contribution in [0, 0.1) is 0 Å². The van der Waals surface area contributed by atoms with Gasteiger partial charge in [-0.1, -0.05) is 24.3 Å². The van der Waals surface area contributed by atoms with Gasteiger partial charge >= 0.3 is 5.97 Å². The van der Waals surface area contributed by atoms with Crippen molar-refractivity contribution in [1.82, 2.24) is 4.90 Å². The monoisotopic (exact) mass is 203 g/mol. The van der Waals surface area contributed by atoms with Gasteiger partial charge in [-0.25, -0.2) is 4.79 Å². The number of hydrogen-bond acceptors (Lipinski definition) is 2. The summed E-state index contributed by atoms with van der Waals surface area (Å²) >= 11 is 0. The van der Waals surface area contributed by atoms with Gasteiger partial charge in [-0.05, 0) is 24.3 Å². The van der Waals surface area contributed by atoms with Gasteiger partial charge in [0.15, 0.2) is 0 Å². The predicted octanol–water partition coefficient (Wildman–Crippen LogP) is 1.71. The molecule has 0 unspecified atom stereocenters. The molecule has 0 atom stereocenters. The van der Waals surface area contributed by atoms with Crippen LogP contribution in [0.2, 0.25) is 0 Å². The van der Waals surface area contributed by atoms with E-state index in [0.717, 1.165) is 24.2 Å². The molecular formula is C12H13NO2. The lowest BCUT2D eigenvalue weighted by Crippen LogP contribution is -2.14. The molecule has 0 fully saturated rings. The van der Waals surface area contributed by atoms with Gasteiger partial charge in [0, 0.05) is 13.1 Å². The fraction of sp³-hybridized carbons (Fsp3) is 0.250. The smallest absolute Gasteiger partial charge is 0.336 e. The van der Waals surface area contributed by atoms with Gasteiger partial charge in [-0.3, -0.25) is 4.90 Å². The summed E-state index contributed by atoms with van der Waals surface area (Å²) in [5.41, 5.74) is 2.34. The molecule has 1 aromatic rings. The molecule has 0 aliphatic carbocycles. The van der Waals surface area contributed by atoms with E-state index >= 15 is 0 Å². The van der Waals surface area contributed by atoms with Gasteiger partial charge in [-0.2, -0.15) is 0 Å². The Balaban J connectivity index is 2.40. The summed E-state index contributed by atoms with van der Waals surface area (Å²) < 4.78 is 0. The minimum absolute atomic E-state index is 0.388. The zero-order chi connectivity index (χ0) is 10.8. The maximum absolute atomic E-state index is 11.0. The van der Waals surface area contributed by atoms with E-state index in [0.29, 0.717) is 5.56 Å². The van der Waals surface area contributed by atoms with Crippen LogP contribution in [0.4, 0.5) is 0 Å². The average Bonchev–Trinajstić information content (AvgIpc) is 2.65. The van der Waals surface area contributed by atoms with E-state index in [1.165, 1.54) is 0 Å². The van der Waals surface area contributed by atoms with Crippen LogP contribution in [-0.2, 0) is 0 Å². The minimum atomic E-state index is -0.860. The maximum atomic E-state index is 11.0. The van der Waals surface area contributed by atoms with Crippen LogP contribution in [0.5, 0.6) is 0 Å². The highest BCUT2D eigenvalue weighted by Crippen LogP contribution is 2.23. The predicted molar refractivity (Wildman–Crippen MR) is 58.9 cm³/mol. The van der Waals surface area contributed by atoms with Crippen LogP contribution >= 0.6 is 0 Å². The highest BCUT2D eigenvalue weighted by atomic mass is 16.4. The van der Waals surface area contributed by atoms with E-state index in [-0.39, 0.29) is 0 Å². The minimum Gasteiger partial charge on any atom is -0.478 e. The Hall–Kier alpha value is -1.61. The zero-order valence-corrected chi connectivity index (χ0v) is 8.60. The summed E-state index contributed by atoms with van der Waals surface area (Å²) in [6.07, 6.45) is 2.09. The maximum Gasteiger partial charge on any atom is 0.336 e. The molecule has 0 saturated carbocycles. The zero-order valence-electron chi connectivity index (χ0n) is 8.60. The number of aromatic carboxylic acids is 1. The molecule has 0 saturated heterocycles. The third-order valence-electron chi connectivity index (χ3n) is 2.59. The summed E-state index contributed by atoms with van der Waals surface area (Å²) in [5, 5.41) is 9.05. The summed E-state index contributed by atoms with van der Waals surface area (Å²) in [6, 6.07) is 7.15. The first-order valence-corrected chi connectivity index (χ1v) is 4.89. The Morgan fingerprint density at radius 2 is 2.13 bits per heavy atom. The third-order valence-corrected chi connectivity index (χ3v) is 2.59. The second-order valence-electron chi connectivity index (χ2n) is 3.78. The number of carboxylic acids is 1. The van der Waals surface area contributed by atoms with Crippen LogP contribution in [0.1, 0.15) is 15.9 Å². The Kier molecular flexibility index (Phi) is 2.56. The fourth-order valence-electron chi connectivity index (χ4n) is 1.83. The summed E-state index contributed by atoms with van der Waals surface area (Å²) in [5.74, 6) is -0.860. The molecule has 0 bridgehead atoms. The van der Waals surface area contributed by atoms with Crippen molar-refractivity contribution >= 4 is 11.5 Å². The van der Waals surface area contributed by atoms with Gasteiger partial charge < -0.3 is 5.11 Å². The van der Waals surface area contributed by atoms with Crippen molar-refractivity contribution in [2.75, 3.05) is 20.1 Å². The molecule has 0 amide bonds. The first kappa shape index (κ1) is 9.93. The molecule has 1 aromatic carbocycles. The molecule has 0 aromatic heterocycles. The third kappa shape index (κ3) is 1.92. The van der Waals surface area contributed by atoms with Crippen molar-refractivity contribution in [3.05, 3.63) is 41.5 Å². The van der Waals surface area contributed by atoms with Gasteiger partial charge in [0.05, 0.1) is 5.56 Å². The van der Waals surface area contributed by atoms with Crippen molar-refractivity contribution in [3.8, 4) is 0 Å². The van der Waals surface area contributed by atoms with E-state index in [4.69, 9.17) is 5.11 Å². The molecule has 1 heterocycles. The molecule has 1 aliphatic rings. The second kappa shape index (κ2) is 3.87. The van der Waals surface area contributed by atoms with E-state index in [1.807, 2.05) is 19.2 Å². The molecule has 3 heteroatoms. The second-order valence-corrected chi connectivity index (χ2v) is 3.78. The number of nitrogens with zero attached hydrogens (tertiary/aromatic N) is 1. The molecule has 1 N–H and O–H groups in total. The molecule has 0 spiro atoms. The van der Waals surface area contributed by atoms with E-state index < -0.39 is 5.97 Å². The standard InChI is InChI=1S/C12H13NO2/c1-13-7-6-9(8-13)10-4-2-3-5-11(10)12(14)15/h2-6H,7-8H2,1H3,(H,14,15). The lowest BCUT2D eigenvalue weighted by molar-refractivity contribution is 0.0696. The van der Waals surface area contributed by atoms with Gasteiger partial charge in [0.2, 0.25) is 0 Å². The molecule has 1 aliphatic heterocycles. The Morgan fingerprint density at radius 1 is 1.40 bits per heavy atom. The van der Waals surface area contributed by atoms with Crippen LogP contribution < -0.4 is 0 Å². The molecule has 15 heavy (non-hydrogen) atoms. The molecule has 3 nitrogen and oxygen atoms in total. The quantitative estimate of drug-likeness (QED) is 0.795. The Bertz CT molecular complexity index is 423. The Morgan fingerprint density at radius 3 is 2.73 bits per heavy atom. The van der Waals surface area contributed by atoms with Crippen LogP contribution in [0.25, 0.3) is 5.57 Å². The molecule has 2 rings (SSSR count). The van der Waals surface area contributed by atoms with Crippen molar-refractivity contribution in [3.63, 3.8) is 0 Å². The first-order valence-electron chi connectivity index (χ1n) is 4.89. The van der Waals surface area contributed by atoms with Gasteiger partial charge in [-0.15, -0.1) is 0 Å². The van der Waals surface area contributed by atoms with Crippen molar-refractivity contribution in [2.24, 2.45) is 0 Å². The van der Waals surface area contributed by atoms with Crippen molar-refractivity contribution in [2.45, 2.75) is 0 Å². The van der Waals surface area contributed by atoms with Crippen molar-refractivity contribution < 1.29 is 9.90 Å². The first-order chi connectivity index (χ1) is 7.18. The molecule has 78 valence electrons. The highest BCUT2D eigenvalue weighted by molar-refractivity contribution is 5.94. The Labute approximate surface area is 88.6 Å². The fourth-order valence-corrected chi connectivity index (χ4v) is 1.83. The highest BCUT2D eigenvalue weighted by Gasteiger charge is 2.17. The number of carboxylic acid groups (broad SMARTS) is 1. The van der Waals surface area contributed by atoms with E-state index in [2.05, 4.69) is 11.0 Å². The van der Waals surface area contributed by atoms with Crippen LogP contribution in [-0.4, -0.2) is 36.1 Å². The van der Waals surface area contributed by atoms with E-state index in [1.54, 1.807) is 12.1 Å². The average molecular weight is 203 g/mol. The van der Waals surface area contributed by atoms with Crippen molar-refractivity contribution in [1.29, 1.82) is 0 Å². The summed E-state index contributed by atoms with van der Waals surface area (Å²) in [6.45, 7) is 1.72. The number of rotatable bonds is 2. The lowest BCUT2D eigenvalue weighted by Gasteiger charge is -2.09. The summed E-state index contributed by atoms with van der Waals surface area (Å²) in [7, 11) is 2.02. The molecular weight excluding hydrogens is 190 g/mol. The molecule has 0 radical (unpaired) electrons. The number of carbonyl (C=O) groups is 1. The number of hydrogen-bond donors (Lipinski definition) is 1. The number of benzene rings is 1.